The quantitative estimate of drug-likeness (QED) is 0.807. The highest BCUT2D eigenvalue weighted by Crippen LogP contribution is 2.43. The molecule has 1 aliphatic carbocycles. The maximum atomic E-state index is 12.5. The van der Waals surface area contributed by atoms with E-state index in [1.807, 2.05) is 30.5 Å². The van der Waals surface area contributed by atoms with E-state index < -0.39 is 0 Å². The van der Waals surface area contributed by atoms with Gasteiger partial charge in [0.1, 0.15) is 5.69 Å². The molecule has 2 aromatic heterocycles. The van der Waals surface area contributed by atoms with Crippen molar-refractivity contribution in [3.63, 3.8) is 0 Å². The Balaban J connectivity index is 1.53. The number of carbonyl (C=O) groups excluding carboxylic acids is 1. The summed E-state index contributed by atoms with van der Waals surface area (Å²) in [5.41, 5.74) is 2.59. The van der Waals surface area contributed by atoms with Crippen molar-refractivity contribution in [3.05, 3.63) is 60.6 Å². The minimum absolute atomic E-state index is 0.0288. The van der Waals surface area contributed by atoms with Gasteiger partial charge in [0, 0.05) is 18.3 Å². The molecule has 1 fully saturated rings. The first kappa shape index (κ1) is 13.0. The minimum atomic E-state index is 0.0288. The van der Waals surface area contributed by atoms with Gasteiger partial charge in [0.15, 0.2) is 5.65 Å². The topological polar surface area (TPSA) is 59.3 Å². The Morgan fingerprint density at radius 3 is 2.82 bits per heavy atom. The summed E-state index contributed by atoms with van der Waals surface area (Å²) in [4.78, 5) is 16.8. The van der Waals surface area contributed by atoms with E-state index in [2.05, 4.69) is 27.5 Å². The Hall–Kier alpha value is -2.69. The van der Waals surface area contributed by atoms with Gasteiger partial charge in [-0.1, -0.05) is 30.3 Å². The average molecular weight is 292 g/mol. The minimum Gasteiger partial charge on any atom is -0.321 e. The highest BCUT2D eigenvalue weighted by atomic mass is 16.2. The number of hydrogen-bond donors (Lipinski definition) is 1. The highest BCUT2D eigenvalue weighted by molar-refractivity contribution is 5.96. The molecule has 2 unspecified atom stereocenters. The number of anilines is 1. The third-order valence-corrected chi connectivity index (χ3v) is 4.38. The van der Waals surface area contributed by atoms with Crippen molar-refractivity contribution in [2.75, 3.05) is 5.32 Å². The SMILES string of the molecule is O=C(Nc1cnn2cccnc12)C1CCC1c1ccccc1. The van der Waals surface area contributed by atoms with Gasteiger partial charge in [-0.3, -0.25) is 4.79 Å². The fourth-order valence-electron chi connectivity index (χ4n) is 3.05. The number of hydrogen-bond acceptors (Lipinski definition) is 3. The van der Waals surface area contributed by atoms with Gasteiger partial charge in [-0.2, -0.15) is 5.10 Å². The number of nitrogens with one attached hydrogen (secondary N) is 1. The maximum absolute atomic E-state index is 12.5. The van der Waals surface area contributed by atoms with Gasteiger partial charge in [0.05, 0.1) is 6.20 Å². The molecule has 1 aromatic carbocycles. The van der Waals surface area contributed by atoms with E-state index in [1.54, 1.807) is 16.9 Å². The standard InChI is InChI=1S/C17H16N4O/c22-17(14-8-7-13(14)12-5-2-1-3-6-12)20-15-11-19-21-10-4-9-18-16(15)21/h1-6,9-11,13-14H,7-8H2,(H,20,22). The Kier molecular flexibility index (Phi) is 3.11. The first-order chi connectivity index (χ1) is 10.8. The van der Waals surface area contributed by atoms with Gasteiger partial charge in [-0.05, 0) is 30.4 Å². The van der Waals surface area contributed by atoms with Gasteiger partial charge in [-0.15, -0.1) is 0 Å². The Labute approximate surface area is 128 Å². The Morgan fingerprint density at radius 2 is 2.05 bits per heavy atom. The molecule has 1 saturated carbocycles. The molecule has 0 radical (unpaired) electrons. The molecule has 4 rings (SSSR count). The normalized spacial score (nSPS) is 20.5. The lowest BCUT2D eigenvalue weighted by Crippen LogP contribution is -2.35. The van der Waals surface area contributed by atoms with E-state index in [9.17, 15) is 4.79 Å². The van der Waals surface area contributed by atoms with E-state index >= 15 is 0 Å². The molecule has 1 amide bonds. The van der Waals surface area contributed by atoms with Gasteiger partial charge in [0.2, 0.25) is 5.91 Å². The monoisotopic (exact) mass is 292 g/mol. The fourth-order valence-corrected chi connectivity index (χ4v) is 3.05. The van der Waals surface area contributed by atoms with Crippen LogP contribution in [0.5, 0.6) is 0 Å². The predicted molar refractivity (Wildman–Crippen MR) is 83.5 cm³/mol. The molecule has 0 spiro atoms. The highest BCUT2D eigenvalue weighted by Gasteiger charge is 2.37. The predicted octanol–water partition coefficient (Wildman–Crippen LogP) is 2.86. The van der Waals surface area contributed by atoms with E-state index in [4.69, 9.17) is 0 Å². The van der Waals surface area contributed by atoms with Gasteiger partial charge in [-0.25, -0.2) is 9.50 Å². The van der Waals surface area contributed by atoms with E-state index in [0.29, 0.717) is 17.3 Å². The number of nitrogens with zero attached hydrogens (tertiary/aromatic N) is 3. The molecular weight excluding hydrogens is 276 g/mol. The molecule has 0 saturated heterocycles. The smallest absolute Gasteiger partial charge is 0.228 e. The van der Waals surface area contributed by atoms with Gasteiger partial charge < -0.3 is 5.32 Å². The zero-order valence-corrected chi connectivity index (χ0v) is 12.0. The van der Waals surface area contributed by atoms with E-state index in [1.165, 1.54) is 5.56 Å². The number of fused-ring (bicyclic) bond motifs is 1. The van der Waals surface area contributed by atoms with Crippen LogP contribution in [0.4, 0.5) is 5.69 Å². The summed E-state index contributed by atoms with van der Waals surface area (Å²) in [7, 11) is 0. The summed E-state index contributed by atoms with van der Waals surface area (Å²) in [6, 6.07) is 12.1. The van der Waals surface area contributed by atoms with Crippen molar-refractivity contribution in [2.24, 2.45) is 5.92 Å². The molecule has 3 aromatic rings. The van der Waals surface area contributed by atoms with Gasteiger partial charge in [0.25, 0.3) is 0 Å². The number of benzene rings is 1. The second-order valence-corrected chi connectivity index (χ2v) is 5.64. The number of aromatic nitrogens is 3. The van der Waals surface area contributed by atoms with Crippen molar-refractivity contribution in [3.8, 4) is 0 Å². The first-order valence-corrected chi connectivity index (χ1v) is 7.47. The second kappa shape index (κ2) is 5.26. The Morgan fingerprint density at radius 1 is 1.18 bits per heavy atom. The number of carbonyl (C=O) groups is 1. The van der Waals surface area contributed by atoms with Crippen LogP contribution in [0.2, 0.25) is 0 Å². The molecule has 2 atom stereocenters. The van der Waals surface area contributed by atoms with Crippen LogP contribution >= 0.6 is 0 Å². The van der Waals surface area contributed by atoms with Crippen molar-refractivity contribution in [1.29, 1.82) is 0 Å². The number of rotatable bonds is 3. The molecule has 22 heavy (non-hydrogen) atoms. The molecule has 5 heteroatoms. The van der Waals surface area contributed by atoms with Crippen LogP contribution in [0.3, 0.4) is 0 Å². The van der Waals surface area contributed by atoms with Crippen LogP contribution < -0.4 is 5.32 Å². The summed E-state index contributed by atoms with van der Waals surface area (Å²) in [6.45, 7) is 0. The van der Waals surface area contributed by atoms with Crippen molar-refractivity contribution in [2.45, 2.75) is 18.8 Å². The van der Waals surface area contributed by atoms with E-state index in [0.717, 1.165) is 12.8 Å². The first-order valence-electron chi connectivity index (χ1n) is 7.47. The summed E-state index contributed by atoms with van der Waals surface area (Å²) in [5, 5.41) is 7.17. The zero-order chi connectivity index (χ0) is 14.9. The van der Waals surface area contributed by atoms with Crippen molar-refractivity contribution < 1.29 is 4.79 Å². The Bertz CT molecular complexity index is 812. The van der Waals surface area contributed by atoms with Crippen molar-refractivity contribution in [1.82, 2.24) is 14.6 Å². The largest absolute Gasteiger partial charge is 0.321 e. The second-order valence-electron chi connectivity index (χ2n) is 5.64. The summed E-state index contributed by atoms with van der Waals surface area (Å²) in [5.74, 6) is 0.401. The molecular formula is C17H16N4O. The van der Waals surface area contributed by atoms with Crippen LogP contribution in [0.1, 0.15) is 24.3 Å². The molecule has 2 heterocycles. The maximum Gasteiger partial charge on any atom is 0.228 e. The third-order valence-electron chi connectivity index (χ3n) is 4.38. The van der Waals surface area contributed by atoms with Crippen LogP contribution in [0.25, 0.3) is 5.65 Å². The summed E-state index contributed by atoms with van der Waals surface area (Å²) >= 11 is 0. The van der Waals surface area contributed by atoms with E-state index in [-0.39, 0.29) is 11.8 Å². The molecule has 1 aliphatic rings. The molecule has 0 bridgehead atoms. The van der Waals surface area contributed by atoms with Crippen LogP contribution in [-0.2, 0) is 4.79 Å². The number of amides is 1. The summed E-state index contributed by atoms with van der Waals surface area (Å²) < 4.78 is 1.66. The average Bonchev–Trinajstić information content (AvgIpc) is 2.90. The zero-order valence-electron chi connectivity index (χ0n) is 12.0. The van der Waals surface area contributed by atoms with Crippen LogP contribution in [0.15, 0.2) is 55.0 Å². The fraction of sp³-hybridized carbons (Fsp3) is 0.235. The molecule has 1 N–H and O–H groups in total. The van der Waals surface area contributed by atoms with Crippen molar-refractivity contribution >= 4 is 17.2 Å². The van der Waals surface area contributed by atoms with Crippen LogP contribution in [-0.4, -0.2) is 20.5 Å². The van der Waals surface area contributed by atoms with Crippen LogP contribution in [0, 0.1) is 5.92 Å². The molecule has 0 aliphatic heterocycles. The lowest BCUT2D eigenvalue weighted by Gasteiger charge is -2.35. The van der Waals surface area contributed by atoms with Gasteiger partial charge >= 0.3 is 0 Å². The lowest BCUT2D eigenvalue weighted by atomic mass is 9.69. The molecule has 5 nitrogen and oxygen atoms in total. The lowest BCUT2D eigenvalue weighted by molar-refractivity contribution is -0.123. The third kappa shape index (κ3) is 2.15. The molecule has 110 valence electrons. The summed E-state index contributed by atoms with van der Waals surface area (Å²) in [6.07, 6.45) is 7.15.